The van der Waals surface area contributed by atoms with E-state index in [1.165, 1.54) is 11.1 Å². The summed E-state index contributed by atoms with van der Waals surface area (Å²) in [6.45, 7) is 1.80. The Hall–Kier alpha value is -2.82. The zero-order chi connectivity index (χ0) is 16.5. The van der Waals surface area contributed by atoms with Crippen LogP contribution in [0.1, 0.15) is 11.1 Å². The second-order valence-electron chi connectivity index (χ2n) is 5.86. The van der Waals surface area contributed by atoms with Crippen molar-refractivity contribution >= 4 is 16.7 Å². The van der Waals surface area contributed by atoms with Crippen LogP contribution in [0, 0.1) is 0 Å². The highest BCUT2D eigenvalue weighted by Crippen LogP contribution is 2.35. The summed E-state index contributed by atoms with van der Waals surface area (Å²) in [7, 11) is 3.28. The average molecular weight is 321 g/mol. The van der Waals surface area contributed by atoms with Crippen molar-refractivity contribution in [2.24, 2.45) is 0 Å². The largest absolute Gasteiger partial charge is 0.493 e. The minimum atomic E-state index is 0.679. The molecule has 0 aliphatic carbocycles. The lowest BCUT2D eigenvalue weighted by Gasteiger charge is -2.30. The normalized spacial score (nSPS) is 13.7. The van der Waals surface area contributed by atoms with E-state index in [0.717, 1.165) is 36.2 Å². The highest BCUT2D eigenvalue weighted by Gasteiger charge is 2.20. The van der Waals surface area contributed by atoms with Gasteiger partial charge < -0.3 is 14.4 Å². The molecule has 0 fully saturated rings. The number of fused-ring (bicyclic) bond motifs is 2. The number of rotatable bonds is 3. The minimum Gasteiger partial charge on any atom is -0.493 e. The van der Waals surface area contributed by atoms with E-state index >= 15 is 0 Å². The summed E-state index contributed by atoms with van der Waals surface area (Å²) in [5, 5.41) is 0.981. The fourth-order valence-corrected chi connectivity index (χ4v) is 3.30. The maximum absolute atomic E-state index is 5.44. The predicted molar refractivity (Wildman–Crippen MR) is 93.8 cm³/mol. The zero-order valence-corrected chi connectivity index (χ0v) is 13.8. The Morgan fingerprint density at radius 2 is 1.71 bits per heavy atom. The third-order valence-electron chi connectivity index (χ3n) is 4.55. The topological polar surface area (TPSA) is 47.5 Å². The lowest BCUT2D eigenvalue weighted by molar-refractivity contribution is 0.356. The van der Waals surface area contributed by atoms with E-state index in [-0.39, 0.29) is 0 Å². The van der Waals surface area contributed by atoms with Crippen LogP contribution < -0.4 is 14.4 Å². The van der Waals surface area contributed by atoms with Crippen LogP contribution >= 0.6 is 0 Å². The van der Waals surface area contributed by atoms with Gasteiger partial charge in [0, 0.05) is 24.5 Å². The first kappa shape index (κ1) is 14.8. The Kier molecular flexibility index (Phi) is 3.69. The molecule has 2 aromatic carbocycles. The molecule has 0 saturated heterocycles. The number of nitrogens with zero attached hydrogens (tertiary/aromatic N) is 3. The zero-order valence-electron chi connectivity index (χ0n) is 13.8. The number of hydrogen-bond donors (Lipinski definition) is 0. The van der Waals surface area contributed by atoms with Gasteiger partial charge in [-0.05, 0) is 23.6 Å². The quantitative estimate of drug-likeness (QED) is 0.741. The standard InChI is InChI=1S/C19H19N3O2/c1-23-17-9-15-16(10-18(17)24-2)20-12-21-19(15)22-8-7-13-5-3-4-6-14(13)11-22/h3-6,9-10,12H,7-8,11H2,1-2H3. The molecule has 5 heteroatoms. The van der Waals surface area contributed by atoms with E-state index in [1.807, 2.05) is 12.1 Å². The maximum atomic E-state index is 5.44. The summed E-state index contributed by atoms with van der Waals surface area (Å²) < 4.78 is 10.8. The van der Waals surface area contributed by atoms with Gasteiger partial charge in [-0.25, -0.2) is 9.97 Å². The molecule has 1 aliphatic rings. The van der Waals surface area contributed by atoms with Gasteiger partial charge in [-0.2, -0.15) is 0 Å². The molecular formula is C19H19N3O2. The Morgan fingerprint density at radius 1 is 0.958 bits per heavy atom. The van der Waals surface area contributed by atoms with Crippen molar-refractivity contribution in [3.63, 3.8) is 0 Å². The van der Waals surface area contributed by atoms with Crippen LogP contribution in [0.4, 0.5) is 5.82 Å². The molecule has 3 aromatic rings. The first-order valence-corrected chi connectivity index (χ1v) is 7.98. The Balaban J connectivity index is 1.80. The van der Waals surface area contributed by atoms with Crippen LogP contribution in [0.15, 0.2) is 42.7 Å². The van der Waals surface area contributed by atoms with E-state index in [9.17, 15) is 0 Å². The van der Waals surface area contributed by atoms with Gasteiger partial charge in [0.25, 0.3) is 0 Å². The van der Waals surface area contributed by atoms with E-state index in [2.05, 4.69) is 39.1 Å². The van der Waals surface area contributed by atoms with Crippen molar-refractivity contribution in [3.8, 4) is 11.5 Å². The monoisotopic (exact) mass is 321 g/mol. The maximum Gasteiger partial charge on any atom is 0.162 e. The summed E-state index contributed by atoms with van der Waals surface area (Å²) in [6.07, 6.45) is 2.64. The van der Waals surface area contributed by atoms with Gasteiger partial charge in [0.15, 0.2) is 11.5 Å². The summed E-state index contributed by atoms with van der Waals surface area (Å²) in [5.41, 5.74) is 3.64. The van der Waals surface area contributed by atoms with Crippen LogP contribution in [0.2, 0.25) is 0 Å². The molecule has 0 unspecified atom stereocenters. The van der Waals surface area contributed by atoms with Gasteiger partial charge in [0.2, 0.25) is 0 Å². The number of anilines is 1. The number of ether oxygens (including phenoxy) is 2. The first-order chi connectivity index (χ1) is 11.8. The van der Waals surface area contributed by atoms with Crippen molar-refractivity contribution in [2.45, 2.75) is 13.0 Å². The SMILES string of the molecule is COc1cc2ncnc(N3CCc4ccccc4C3)c2cc1OC. The molecule has 1 aromatic heterocycles. The average Bonchev–Trinajstić information content (AvgIpc) is 2.65. The second kappa shape index (κ2) is 6.00. The van der Waals surface area contributed by atoms with Crippen LogP contribution in [0.5, 0.6) is 11.5 Å². The van der Waals surface area contributed by atoms with E-state index < -0.39 is 0 Å². The lowest BCUT2D eigenvalue weighted by Crippen LogP contribution is -2.31. The molecule has 0 spiro atoms. The molecule has 122 valence electrons. The number of aromatic nitrogens is 2. The highest BCUT2D eigenvalue weighted by atomic mass is 16.5. The number of hydrogen-bond acceptors (Lipinski definition) is 5. The van der Waals surface area contributed by atoms with Crippen molar-refractivity contribution in [2.75, 3.05) is 25.7 Å². The summed E-state index contributed by atoms with van der Waals surface area (Å²) in [4.78, 5) is 11.2. The molecular weight excluding hydrogens is 302 g/mol. The third kappa shape index (κ3) is 2.42. The fourth-order valence-electron chi connectivity index (χ4n) is 3.30. The van der Waals surface area contributed by atoms with Crippen molar-refractivity contribution in [1.82, 2.24) is 9.97 Å². The van der Waals surface area contributed by atoms with Crippen LogP contribution in [0.25, 0.3) is 10.9 Å². The molecule has 0 atom stereocenters. The molecule has 0 bridgehead atoms. The van der Waals surface area contributed by atoms with Crippen LogP contribution in [-0.4, -0.2) is 30.7 Å². The molecule has 1 aliphatic heterocycles. The molecule has 24 heavy (non-hydrogen) atoms. The van der Waals surface area contributed by atoms with Crippen LogP contribution in [0.3, 0.4) is 0 Å². The lowest BCUT2D eigenvalue weighted by atomic mass is 9.99. The molecule has 4 rings (SSSR count). The molecule has 5 nitrogen and oxygen atoms in total. The summed E-state index contributed by atoms with van der Waals surface area (Å²) >= 11 is 0. The van der Waals surface area contributed by atoms with E-state index in [4.69, 9.17) is 9.47 Å². The van der Waals surface area contributed by atoms with E-state index in [1.54, 1.807) is 20.5 Å². The number of benzene rings is 2. The van der Waals surface area contributed by atoms with Crippen LogP contribution in [-0.2, 0) is 13.0 Å². The van der Waals surface area contributed by atoms with Crippen molar-refractivity contribution in [3.05, 3.63) is 53.9 Å². The van der Waals surface area contributed by atoms with Gasteiger partial charge in [-0.1, -0.05) is 24.3 Å². The first-order valence-electron chi connectivity index (χ1n) is 7.98. The van der Waals surface area contributed by atoms with Gasteiger partial charge in [0.05, 0.1) is 19.7 Å². The molecule has 2 heterocycles. The molecule has 0 N–H and O–H groups in total. The number of methoxy groups -OCH3 is 2. The summed E-state index contributed by atoms with van der Waals surface area (Å²) in [5.74, 6) is 2.31. The third-order valence-corrected chi connectivity index (χ3v) is 4.55. The van der Waals surface area contributed by atoms with Gasteiger partial charge >= 0.3 is 0 Å². The minimum absolute atomic E-state index is 0.679. The fraction of sp³-hybridized carbons (Fsp3) is 0.263. The smallest absolute Gasteiger partial charge is 0.162 e. The van der Waals surface area contributed by atoms with Gasteiger partial charge in [-0.3, -0.25) is 0 Å². The van der Waals surface area contributed by atoms with Crippen molar-refractivity contribution in [1.29, 1.82) is 0 Å². The van der Waals surface area contributed by atoms with Crippen molar-refractivity contribution < 1.29 is 9.47 Å². The molecule has 0 amide bonds. The van der Waals surface area contributed by atoms with E-state index in [0.29, 0.717) is 11.5 Å². The summed E-state index contributed by atoms with van der Waals surface area (Å²) in [6, 6.07) is 12.5. The predicted octanol–water partition coefficient (Wildman–Crippen LogP) is 3.21. The molecule has 0 saturated carbocycles. The Labute approximate surface area is 140 Å². The highest BCUT2D eigenvalue weighted by molar-refractivity contribution is 5.92. The second-order valence-corrected chi connectivity index (χ2v) is 5.86. The molecule has 0 radical (unpaired) electrons. The van der Waals surface area contributed by atoms with Gasteiger partial charge in [-0.15, -0.1) is 0 Å². The Morgan fingerprint density at radius 3 is 2.50 bits per heavy atom. The van der Waals surface area contributed by atoms with Gasteiger partial charge in [0.1, 0.15) is 12.1 Å². The Bertz CT molecular complexity index is 895.